The highest BCUT2D eigenvalue weighted by Crippen LogP contribution is 2.20. The number of nitrogens with zero attached hydrogens (tertiary/aromatic N) is 5. The van der Waals surface area contributed by atoms with E-state index in [-0.39, 0.29) is 18.2 Å². The number of aromatic nitrogens is 4. The lowest BCUT2D eigenvalue weighted by Crippen LogP contribution is -2.19. The van der Waals surface area contributed by atoms with Gasteiger partial charge in [0.2, 0.25) is 5.91 Å². The molecule has 0 unspecified atom stereocenters. The maximum Gasteiger partial charge on any atom is 0.389 e. The monoisotopic (exact) mass is 360 g/mol. The molecule has 10 heteroatoms. The molecule has 3 aromatic rings. The largest absolute Gasteiger partial charge is 0.389 e. The van der Waals surface area contributed by atoms with Crippen molar-refractivity contribution >= 4 is 29.1 Å². The van der Waals surface area contributed by atoms with E-state index >= 15 is 0 Å². The van der Waals surface area contributed by atoms with Crippen LogP contribution >= 0.6 is 11.6 Å². The molecule has 0 radical (unpaired) electrons. The summed E-state index contributed by atoms with van der Waals surface area (Å²) in [4.78, 5) is 22.0. The maximum absolute atomic E-state index is 12.0. The first-order valence-electron chi connectivity index (χ1n) is 7.26. The highest BCUT2D eigenvalue weighted by molar-refractivity contribution is 6.33. The number of carbonyl (C=O) groups is 1. The van der Waals surface area contributed by atoms with Crippen molar-refractivity contribution in [1.29, 1.82) is 0 Å². The predicted molar refractivity (Wildman–Crippen MR) is 90.3 cm³/mol. The third kappa shape index (κ3) is 4.21. The number of anilines is 1. The SMILES string of the molecule is O=C(Cn1ccc([N+](=O)[O-])n1)Nc1nn(Cc2ccccc2)cc1Cl. The van der Waals surface area contributed by atoms with Crippen LogP contribution in [0.15, 0.2) is 48.8 Å². The van der Waals surface area contributed by atoms with Crippen molar-refractivity contribution in [3.8, 4) is 0 Å². The number of halogens is 1. The second-order valence-corrected chi connectivity index (χ2v) is 5.59. The molecule has 128 valence electrons. The Morgan fingerprint density at radius 3 is 2.64 bits per heavy atom. The van der Waals surface area contributed by atoms with E-state index in [0.717, 1.165) is 5.56 Å². The normalized spacial score (nSPS) is 10.6. The third-order valence-corrected chi connectivity index (χ3v) is 3.56. The molecule has 2 aromatic heterocycles. The minimum Gasteiger partial charge on any atom is -0.358 e. The van der Waals surface area contributed by atoms with Crippen molar-refractivity contribution in [2.75, 3.05) is 5.32 Å². The average molecular weight is 361 g/mol. The Morgan fingerprint density at radius 1 is 1.20 bits per heavy atom. The van der Waals surface area contributed by atoms with Gasteiger partial charge in [-0.25, -0.2) is 0 Å². The Bertz CT molecular complexity index is 905. The Hall–Kier alpha value is -3.20. The van der Waals surface area contributed by atoms with Crippen LogP contribution < -0.4 is 5.32 Å². The van der Waals surface area contributed by atoms with E-state index in [1.165, 1.54) is 16.9 Å². The van der Waals surface area contributed by atoms with Gasteiger partial charge in [-0.1, -0.05) is 41.9 Å². The number of amides is 1. The van der Waals surface area contributed by atoms with Gasteiger partial charge in [0, 0.05) is 6.20 Å². The lowest BCUT2D eigenvalue weighted by molar-refractivity contribution is -0.389. The van der Waals surface area contributed by atoms with E-state index < -0.39 is 10.8 Å². The van der Waals surface area contributed by atoms with E-state index in [9.17, 15) is 14.9 Å². The smallest absolute Gasteiger partial charge is 0.358 e. The van der Waals surface area contributed by atoms with Gasteiger partial charge in [-0.3, -0.25) is 9.48 Å². The fourth-order valence-electron chi connectivity index (χ4n) is 2.19. The van der Waals surface area contributed by atoms with Crippen LogP contribution in [-0.2, 0) is 17.9 Å². The molecular formula is C15H13ClN6O3. The highest BCUT2D eigenvalue weighted by atomic mass is 35.5. The lowest BCUT2D eigenvalue weighted by atomic mass is 10.2. The molecule has 2 heterocycles. The topological polar surface area (TPSA) is 108 Å². The van der Waals surface area contributed by atoms with E-state index in [1.807, 2.05) is 30.3 Å². The van der Waals surface area contributed by atoms with Crippen LogP contribution in [-0.4, -0.2) is 30.4 Å². The summed E-state index contributed by atoms with van der Waals surface area (Å²) in [5, 5.41) is 21.4. The molecule has 1 aromatic carbocycles. The molecule has 0 saturated heterocycles. The molecule has 0 saturated carbocycles. The van der Waals surface area contributed by atoms with Gasteiger partial charge in [0.05, 0.1) is 23.9 Å². The molecule has 0 spiro atoms. The standard InChI is InChI=1S/C15H13ClN6O3/c16-12-9-21(8-11-4-2-1-3-5-11)19-15(12)17-14(23)10-20-7-6-13(18-20)22(24)25/h1-7,9H,8,10H2,(H,17,19,23). The summed E-state index contributed by atoms with van der Waals surface area (Å²) in [5.74, 6) is -0.535. The number of rotatable bonds is 6. The van der Waals surface area contributed by atoms with Gasteiger partial charge in [0.25, 0.3) is 0 Å². The third-order valence-electron chi connectivity index (χ3n) is 3.28. The van der Waals surface area contributed by atoms with Crippen molar-refractivity contribution < 1.29 is 9.72 Å². The first-order valence-corrected chi connectivity index (χ1v) is 7.63. The summed E-state index contributed by atoms with van der Waals surface area (Å²) in [5.41, 5.74) is 1.04. The molecule has 25 heavy (non-hydrogen) atoms. The minimum absolute atomic E-state index is 0.185. The van der Waals surface area contributed by atoms with Crippen LogP contribution in [0.1, 0.15) is 5.56 Å². The Kier molecular flexibility index (Phi) is 4.75. The molecule has 0 bridgehead atoms. The summed E-state index contributed by atoms with van der Waals surface area (Å²) in [6.45, 7) is 0.331. The van der Waals surface area contributed by atoms with E-state index in [0.29, 0.717) is 11.6 Å². The van der Waals surface area contributed by atoms with Gasteiger partial charge in [-0.2, -0.15) is 9.78 Å². The summed E-state index contributed by atoms with van der Waals surface area (Å²) in [6.07, 6.45) is 2.97. The van der Waals surface area contributed by atoms with Crippen LogP contribution in [0.5, 0.6) is 0 Å². The van der Waals surface area contributed by atoms with Gasteiger partial charge in [0.1, 0.15) is 11.6 Å². The summed E-state index contributed by atoms with van der Waals surface area (Å²) in [6, 6.07) is 10.9. The van der Waals surface area contributed by atoms with E-state index in [1.54, 1.807) is 10.9 Å². The zero-order valence-corrected chi connectivity index (χ0v) is 13.6. The zero-order chi connectivity index (χ0) is 17.8. The van der Waals surface area contributed by atoms with Crippen molar-refractivity contribution in [3.05, 3.63) is 69.5 Å². The molecule has 0 aliphatic rings. The quantitative estimate of drug-likeness (QED) is 0.536. The van der Waals surface area contributed by atoms with Crippen molar-refractivity contribution in [2.45, 2.75) is 13.1 Å². The Morgan fingerprint density at radius 2 is 1.96 bits per heavy atom. The number of hydrogen-bond acceptors (Lipinski definition) is 5. The molecule has 9 nitrogen and oxygen atoms in total. The number of hydrogen-bond donors (Lipinski definition) is 1. The number of nitro groups is 1. The molecular weight excluding hydrogens is 348 g/mol. The molecule has 0 aliphatic heterocycles. The predicted octanol–water partition coefficient (Wildman–Crippen LogP) is 2.33. The lowest BCUT2D eigenvalue weighted by Gasteiger charge is -2.02. The van der Waals surface area contributed by atoms with Gasteiger partial charge in [0.15, 0.2) is 5.82 Å². The molecule has 0 fully saturated rings. The highest BCUT2D eigenvalue weighted by Gasteiger charge is 2.15. The van der Waals surface area contributed by atoms with E-state index in [2.05, 4.69) is 15.5 Å². The van der Waals surface area contributed by atoms with Crippen LogP contribution in [0.25, 0.3) is 0 Å². The summed E-state index contributed by atoms with van der Waals surface area (Å²) < 4.78 is 2.79. The van der Waals surface area contributed by atoms with Crippen molar-refractivity contribution in [3.63, 3.8) is 0 Å². The second-order valence-electron chi connectivity index (χ2n) is 5.19. The number of nitrogens with one attached hydrogen (secondary N) is 1. The Labute approximate surface area is 147 Å². The first kappa shape index (κ1) is 16.7. The maximum atomic E-state index is 12.0. The second kappa shape index (κ2) is 7.14. The molecule has 0 aliphatic carbocycles. The van der Waals surface area contributed by atoms with Gasteiger partial charge in [-0.15, -0.1) is 0 Å². The fourth-order valence-corrected chi connectivity index (χ4v) is 2.39. The van der Waals surface area contributed by atoms with Crippen LogP contribution in [0.4, 0.5) is 11.6 Å². The zero-order valence-electron chi connectivity index (χ0n) is 12.9. The molecule has 0 atom stereocenters. The van der Waals surface area contributed by atoms with E-state index in [4.69, 9.17) is 11.6 Å². The number of benzene rings is 1. The van der Waals surface area contributed by atoms with Gasteiger partial charge >= 0.3 is 5.82 Å². The van der Waals surface area contributed by atoms with Crippen molar-refractivity contribution in [1.82, 2.24) is 19.6 Å². The number of carbonyl (C=O) groups excluding carboxylic acids is 1. The van der Waals surface area contributed by atoms with Gasteiger partial charge < -0.3 is 15.4 Å². The summed E-state index contributed by atoms with van der Waals surface area (Å²) >= 11 is 6.09. The molecule has 1 N–H and O–H groups in total. The van der Waals surface area contributed by atoms with Crippen molar-refractivity contribution in [2.24, 2.45) is 0 Å². The molecule has 3 rings (SSSR count). The van der Waals surface area contributed by atoms with Crippen LogP contribution in [0.2, 0.25) is 5.02 Å². The first-order chi connectivity index (χ1) is 12.0. The summed E-state index contributed by atoms with van der Waals surface area (Å²) in [7, 11) is 0. The van der Waals surface area contributed by atoms with Crippen LogP contribution in [0, 0.1) is 10.1 Å². The fraction of sp³-hybridized carbons (Fsp3) is 0.133. The van der Waals surface area contributed by atoms with Gasteiger partial charge in [-0.05, 0) is 10.5 Å². The molecule has 1 amide bonds. The van der Waals surface area contributed by atoms with Crippen LogP contribution in [0.3, 0.4) is 0 Å². The Balaban J connectivity index is 1.64. The average Bonchev–Trinajstić information content (AvgIpc) is 3.16. The minimum atomic E-state index is -0.628.